The van der Waals surface area contributed by atoms with Crippen molar-refractivity contribution in [1.29, 1.82) is 5.26 Å². The maximum absolute atomic E-state index is 13.8. The summed E-state index contributed by atoms with van der Waals surface area (Å²) in [5, 5.41) is 18.1. The fourth-order valence-corrected chi connectivity index (χ4v) is 1.85. The van der Waals surface area contributed by atoms with Gasteiger partial charge in [-0.25, -0.2) is 8.78 Å². The Morgan fingerprint density at radius 3 is 2.62 bits per heavy atom. The van der Waals surface area contributed by atoms with Gasteiger partial charge in [0.15, 0.2) is 11.6 Å². The Balaban J connectivity index is 2.13. The highest BCUT2D eigenvalue weighted by molar-refractivity contribution is 5.34. The SMILES string of the molecule is C[C@@H](O)c1ccc(OCc2cc(F)cc(C#N)c2)c(F)c1. The fraction of sp³-hybridized carbons (Fsp3) is 0.188. The normalized spacial score (nSPS) is 11.8. The maximum atomic E-state index is 13.8. The Morgan fingerprint density at radius 2 is 2.00 bits per heavy atom. The van der Waals surface area contributed by atoms with Crippen molar-refractivity contribution >= 4 is 0 Å². The third-order valence-electron chi connectivity index (χ3n) is 2.92. The molecule has 0 saturated heterocycles. The van der Waals surface area contributed by atoms with Crippen molar-refractivity contribution in [2.45, 2.75) is 19.6 Å². The van der Waals surface area contributed by atoms with Crippen LogP contribution in [-0.4, -0.2) is 5.11 Å². The van der Waals surface area contributed by atoms with Crippen LogP contribution in [0.4, 0.5) is 8.78 Å². The molecule has 3 nitrogen and oxygen atoms in total. The van der Waals surface area contributed by atoms with Crippen LogP contribution in [0.25, 0.3) is 0 Å². The van der Waals surface area contributed by atoms with Crippen molar-refractivity contribution in [2.24, 2.45) is 0 Å². The van der Waals surface area contributed by atoms with Gasteiger partial charge in [-0.05, 0) is 48.4 Å². The van der Waals surface area contributed by atoms with Crippen LogP contribution in [0.5, 0.6) is 5.75 Å². The van der Waals surface area contributed by atoms with Gasteiger partial charge in [-0.15, -0.1) is 0 Å². The van der Waals surface area contributed by atoms with Crippen molar-refractivity contribution < 1.29 is 18.6 Å². The van der Waals surface area contributed by atoms with E-state index in [9.17, 15) is 13.9 Å². The molecule has 0 aliphatic rings. The molecule has 108 valence electrons. The topological polar surface area (TPSA) is 53.2 Å². The van der Waals surface area contributed by atoms with Crippen LogP contribution < -0.4 is 4.74 Å². The van der Waals surface area contributed by atoms with E-state index in [2.05, 4.69) is 0 Å². The molecule has 1 N–H and O–H groups in total. The van der Waals surface area contributed by atoms with Crippen LogP contribution in [0, 0.1) is 23.0 Å². The number of aliphatic hydroxyl groups is 1. The summed E-state index contributed by atoms with van der Waals surface area (Å²) >= 11 is 0. The smallest absolute Gasteiger partial charge is 0.165 e. The average molecular weight is 289 g/mol. The third kappa shape index (κ3) is 3.77. The van der Waals surface area contributed by atoms with E-state index in [0.29, 0.717) is 11.1 Å². The monoisotopic (exact) mass is 289 g/mol. The minimum atomic E-state index is -0.769. The molecule has 0 heterocycles. The van der Waals surface area contributed by atoms with E-state index in [1.807, 2.05) is 6.07 Å². The minimum Gasteiger partial charge on any atom is -0.486 e. The van der Waals surface area contributed by atoms with E-state index in [1.54, 1.807) is 6.07 Å². The molecule has 2 rings (SSSR count). The Bertz CT molecular complexity index is 693. The zero-order valence-electron chi connectivity index (χ0n) is 11.3. The van der Waals surface area contributed by atoms with Gasteiger partial charge in [-0.1, -0.05) is 6.07 Å². The summed E-state index contributed by atoms with van der Waals surface area (Å²) in [7, 11) is 0. The first-order valence-electron chi connectivity index (χ1n) is 6.29. The lowest BCUT2D eigenvalue weighted by Crippen LogP contribution is -2.00. The highest BCUT2D eigenvalue weighted by Crippen LogP contribution is 2.23. The molecule has 21 heavy (non-hydrogen) atoms. The Labute approximate surface area is 121 Å². The summed E-state index contributed by atoms with van der Waals surface area (Å²) < 4.78 is 32.3. The molecule has 0 spiro atoms. The van der Waals surface area contributed by atoms with Gasteiger partial charge >= 0.3 is 0 Å². The van der Waals surface area contributed by atoms with E-state index in [-0.39, 0.29) is 17.9 Å². The summed E-state index contributed by atoms with van der Waals surface area (Å²) in [4.78, 5) is 0. The Kier molecular flexibility index (Phi) is 4.51. The third-order valence-corrected chi connectivity index (χ3v) is 2.92. The largest absolute Gasteiger partial charge is 0.486 e. The van der Waals surface area contributed by atoms with E-state index >= 15 is 0 Å². The molecular weight excluding hydrogens is 276 g/mol. The molecule has 0 aliphatic heterocycles. The predicted molar refractivity (Wildman–Crippen MR) is 72.5 cm³/mol. The molecule has 0 amide bonds. The number of benzene rings is 2. The first kappa shape index (κ1) is 14.9. The molecule has 5 heteroatoms. The highest BCUT2D eigenvalue weighted by atomic mass is 19.1. The number of aliphatic hydroxyl groups excluding tert-OH is 1. The zero-order chi connectivity index (χ0) is 15.4. The van der Waals surface area contributed by atoms with Gasteiger partial charge in [-0.2, -0.15) is 5.26 Å². The summed E-state index contributed by atoms with van der Waals surface area (Å²) in [6.07, 6.45) is -0.769. The fourth-order valence-electron chi connectivity index (χ4n) is 1.85. The van der Waals surface area contributed by atoms with Crippen LogP contribution >= 0.6 is 0 Å². The zero-order valence-corrected chi connectivity index (χ0v) is 11.3. The summed E-state index contributed by atoms with van der Waals surface area (Å²) in [5.74, 6) is -1.15. The van der Waals surface area contributed by atoms with Crippen LogP contribution in [0.3, 0.4) is 0 Å². The quantitative estimate of drug-likeness (QED) is 0.937. The molecule has 0 unspecified atom stereocenters. The molecular formula is C16H13F2NO2. The van der Waals surface area contributed by atoms with Gasteiger partial charge in [0.05, 0.1) is 17.7 Å². The van der Waals surface area contributed by atoms with E-state index in [1.165, 1.54) is 31.2 Å². The lowest BCUT2D eigenvalue weighted by atomic mass is 10.1. The van der Waals surface area contributed by atoms with Gasteiger partial charge in [0.1, 0.15) is 12.4 Å². The summed E-state index contributed by atoms with van der Waals surface area (Å²) in [5.41, 5.74) is 1.06. The molecule has 0 saturated carbocycles. The molecule has 0 aliphatic carbocycles. The number of nitrogens with zero attached hydrogens (tertiary/aromatic N) is 1. The molecule has 2 aromatic carbocycles. The van der Waals surface area contributed by atoms with Gasteiger partial charge < -0.3 is 9.84 Å². The van der Waals surface area contributed by atoms with Crippen LogP contribution in [0.15, 0.2) is 36.4 Å². The van der Waals surface area contributed by atoms with Crippen molar-refractivity contribution in [3.63, 3.8) is 0 Å². The lowest BCUT2D eigenvalue weighted by molar-refractivity contribution is 0.198. The molecule has 0 bridgehead atoms. The van der Waals surface area contributed by atoms with Gasteiger partial charge in [-0.3, -0.25) is 0 Å². The molecule has 1 atom stereocenters. The molecule has 0 radical (unpaired) electrons. The first-order valence-corrected chi connectivity index (χ1v) is 6.29. The Hall–Kier alpha value is -2.45. The molecule has 0 aromatic heterocycles. The summed E-state index contributed by atoms with van der Waals surface area (Å²) in [6.45, 7) is 1.48. The molecule has 0 fully saturated rings. The predicted octanol–water partition coefficient (Wildman–Crippen LogP) is 3.47. The number of halogens is 2. The summed E-state index contributed by atoms with van der Waals surface area (Å²) in [6, 6.07) is 9.80. The van der Waals surface area contributed by atoms with Crippen LogP contribution in [0.2, 0.25) is 0 Å². The minimum absolute atomic E-state index is 0.00201. The second kappa shape index (κ2) is 6.33. The number of hydrogen-bond acceptors (Lipinski definition) is 3. The van der Waals surface area contributed by atoms with E-state index in [0.717, 1.165) is 6.07 Å². The number of rotatable bonds is 4. The van der Waals surface area contributed by atoms with Crippen LogP contribution in [0.1, 0.15) is 29.7 Å². The average Bonchev–Trinajstić information content (AvgIpc) is 2.45. The Morgan fingerprint density at radius 1 is 1.24 bits per heavy atom. The standard InChI is InChI=1S/C16H13F2NO2/c1-10(20)13-2-3-16(15(18)7-13)21-9-12-4-11(8-19)5-14(17)6-12/h2-7,10,20H,9H2,1H3/t10-/m1/s1. The van der Waals surface area contributed by atoms with Crippen molar-refractivity contribution in [2.75, 3.05) is 0 Å². The first-order chi connectivity index (χ1) is 9.99. The second-order valence-electron chi connectivity index (χ2n) is 4.61. The van der Waals surface area contributed by atoms with Gasteiger partial charge in [0.2, 0.25) is 0 Å². The van der Waals surface area contributed by atoms with Crippen LogP contribution in [-0.2, 0) is 6.61 Å². The number of ether oxygens (including phenoxy) is 1. The highest BCUT2D eigenvalue weighted by Gasteiger charge is 2.09. The maximum Gasteiger partial charge on any atom is 0.165 e. The molecule has 2 aromatic rings. The van der Waals surface area contributed by atoms with Crippen molar-refractivity contribution in [3.05, 3.63) is 64.7 Å². The number of nitriles is 1. The lowest BCUT2D eigenvalue weighted by Gasteiger charge is -2.10. The van der Waals surface area contributed by atoms with E-state index < -0.39 is 17.7 Å². The van der Waals surface area contributed by atoms with E-state index in [4.69, 9.17) is 10.00 Å². The van der Waals surface area contributed by atoms with Crippen molar-refractivity contribution in [1.82, 2.24) is 0 Å². The number of hydrogen-bond donors (Lipinski definition) is 1. The van der Waals surface area contributed by atoms with Crippen molar-refractivity contribution in [3.8, 4) is 11.8 Å². The van der Waals surface area contributed by atoms with Gasteiger partial charge in [0, 0.05) is 0 Å². The van der Waals surface area contributed by atoms with Gasteiger partial charge in [0.25, 0.3) is 0 Å². The second-order valence-corrected chi connectivity index (χ2v) is 4.61.